The Hall–Kier alpha value is -2.81. The van der Waals surface area contributed by atoms with Crippen LogP contribution < -0.4 is 4.90 Å². The number of hydrogen-bond donors (Lipinski definition) is 0. The molecule has 3 rings (SSSR count). The van der Waals surface area contributed by atoms with E-state index in [0.29, 0.717) is 37.3 Å². The van der Waals surface area contributed by atoms with Crippen LogP contribution in [-0.2, 0) is 0 Å². The molecular formula is C15H14N4O2. The van der Waals surface area contributed by atoms with Crippen LogP contribution in [0.5, 0.6) is 0 Å². The molecule has 3 heterocycles. The zero-order valence-electron chi connectivity index (χ0n) is 11.4. The lowest BCUT2D eigenvalue weighted by Crippen LogP contribution is -2.49. The first-order valence-corrected chi connectivity index (χ1v) is 6.70. The molecule has 1 saturated heterocycles. The Kier molecular flexibility index (Phi) is 3.56. The van der Waals surface area contributed by atoms with E-state index in [1.54, 1.807) is 29.3 Å². The van der Waals surface area contributed by atoms with Crippen molar-refractivity contribution in [1.82, 2.24) is 9.88 Å². The topological polar surface area (TPSA) is 73.4 Å². The molecule has 0 aliphatic carbocycles. The van der Waals surface area contributed by atoms with Crippen LogP contribution in [0.2, 0.25) is 0 Å². The zero-order chi connectivity index (χ0) is 14.7. The van der Waals surface area contributed by atoms with E-state index >= 15 is 0 Å². The number of carbonyl (C=O) groups excluding carboxylic acids is 1. The Morgan fingerprint density at radius 3 is 2.76 bits per heavy atom. The monoisotopic (exact) mass is 282 g/mol. The molecule has 0 radical (unpaired) electrons. The van der Waals surface area contributed by atoms with E-state index in [-0.39, 0.29) is 5.91 Å². The molecule has 2 aromatic heterocycles. The lowest BCUT2D eigenvalue weighted by molar-refractivity contribution is 0.0746. The summed E-state index contributed by atoms with van der Waals surface area (Å²) in [5, 5.41) is 8.92. The molecule has 0 N–H and O–H groups in total. The van der Waals surface area contributed by atoms with Crippen LogP contribution in [0.4, 0.5) is 5.82 Å². The van der Waals surface area contributed by atoms with Gasteiger partial charge in [-0.25, -0.2) is 4.98 Å². The summed E-state index contributed by atoms with van der Waals surface area (Å²) in [4.78, 5) is 20.4. The van der Waals surface area contributed by atoms with E-state index < -0.39 is 0 Å². The summed E-state index contributed by atoms with van der Waals surface area (Å²) in [6.07, 6.45) is 4.60. The highest BCUT2D eigenvalue weighted by Gasteiger charge is 2.23. The SMILES string of the molecule is N#Cc1ccnc(N2CCN(C(=O)c3ccoc3)CC2)c1. The van der Waals surface area contributed by atoms with Gasteiger partial charge in [-0.2, -0.15) is 5.26 Å². The fourth-order valence-electron chi connectivity index (χ4n) is 2.37. The number of nitriles is 1. The molecular weight excluding hydrogens is 268 g/mol. The van der Waals surface area contributed by atoms with E-state index in [4.69, 9.17) is 9.68 Å². The third-order valence-electron chi connectivity index (χ3n) is 3.53. The molecule has 6 nitrogen and oxygen atoms in total. The van der Waals surface area contributed by atoms with Crippen molar-refractivity contribution in [1.29, 1.82) is 5.26 Å². The zero-order valence-corrected chi connectivity index (χ0v) is 11.4. The van der Waals surface area contributed by atoms with Gasteiger partial charge in [-0.15, -0.1) is 0 Å². The number of piperazine rings is 1. The highest BCUT2D eigenvalue weighted by atomic mass is 16.3. The number of furan rings is 1. The van der Waals surface area contributed by atoms with Gasteiger partial charge in [0.1, 0.15) is 12.1 Å². The summed E-state index contributed by atoms with van der Waals surface area (Å²) >= 11 is 0. The third kappa shape index (κ3) is 2.72. The molecule has 21 heavy (non-hydrogen) atoms. The Morgan fingerprint density at radius 1 is 1.29 bits per heavy atom. The smallest absolute Gasteiger partial charge is 0.257 e. The summed E-state index contributed by atoms with van der Waals surface area (Å²) in [7, 11) is 0. The average molecular weight is 282 g/mol. The van der Waals surface area contributed by atoms with Gasteiger partial charge >= 0.3 is 0 Å². The Balaban J connectivity index is 1.65. The molecule has 1 amide bonds. The molecule has 6 heteroatoms. The van der Waals surface area contributed by atoms with Crippen molar-refractivity contribution in [3.63, 3.8) is 0 Å². The maximum absolute atomic E-state index is 12.2. The first-order valence-electron chi connectivity index (χ1n) is 6.70. The largest absolute Gasteiger partial charge is 0.472 e. The van der Waals surface area contributed by atoms with Gasteiger partial charge in [0, 0.05) is 32.4 Å². The maximum Gasteiger partial charge on any atom is 0.257 e. The van der Waals surface area contributed by atoms with Crippen molar-refractivity contribution in [3.05, 3.63) is 48.0 Å². The van der Waals surface area contributed by atoms with Crippen molar-refractivity contribution in [3.8, 4) is 6.07 Å². The number of rotatable bonds is 2. The minimum atomic E-state index is -0.0119. The first kappa shape index (κ1) is 13.2. The predicted molar refractivity (Wildman–Crippen MR) is 75.8 cm³/mol. The first-order chi connectivity index (χ1) is 10.3. The highest BCUT2D eigenvalue weighted by molar-refractivity contribution is 5.94. The Labute approximate surface area is 122 Å². The second-order valence-electron chi connectivity index (χ2n) is 4.81. The van der Waals surface area contributed by atoms with E-state index in [0.717, 1.165) is 5.82 Å². The van der Waals surface area contributed by atoms with Crippen LogP contribution in [0.15, 0.2) is 41.3 Å². The molecule has 0 saturated carbocycles. The molecule has 1 fully saturated rings. The van der Waals surface area contributed by atoms with Gasteiger partial charge in [-0.05, 0) is 18.2 Å². The number of aromatic nitrogens is 1. The Morgan fingerprint density at radius 2 is 2.10 bits per heavy atom. The van der Waals surface area contributed by atoms with Gasteiger partial charge < -0.3 is 14.2 Å². The van der Waals surface area contributed by atoms with Gasteiger partial charge in [-0.3, -0.25) is 4.79 Å². The van der Waals surface area contributed by atoms with Crippen LogP contribution in [0.1, 0.15) is 15.9 Å². The van der Waals surface area contributed by atoms with Gasteiger partial charge in [-0.1, -0.05) is 0 Å². The quantitative estimate of drug-likeness (QED) is 0.834. The lowest BCUT2D eigenvalue weighted by atomic mass is 10.2. The van der Waals surface area contributed by atoms with E-state index in [9.17, 15) is 4.79 Å². The third-order valence-corrected chi connectivity index (χ3v) is 3.53. The molecule has 0 spiro atoms. The number of pyridine rings is 1. The van der Waals surface area contributed by atoms with Crippen LogP contribution in [0.3, 0.4) is 0 Å². The normalized spacial score (nSPS) is 14.8. The number of anilines is 1. The summed E-state index contributed by atoms with van der Waals surface area (Å²) in [5.74, 6) is 0.770. The van der Waals surface area contributed by atoms with Crippen molar-refractivity contribution in [2.45, 2.75) is 0 Å². The Bertz CT molecular complexity index is 667. The fourth-order valence-corrected chi connectivity index (χ4v) is 2.37. The average Bonchev–Trinajstić information content (AvgIpc) is 3.09. The van der Waals surface area contributed by atoms with Crippen LogP contribution >= 0.6 is 0 Å². The number of amides is 1. The molecule has 1 aliphatic heterocycles. The molecule has 106 valence electrons. The minimum Gasteiger partial charge on any atom is -0.472 e. The molecule has 2 aromatic rings. The van der Waals surface area contributed by atoms with Gasteiger partial charge in [0.05, 0.1) is 23.5 Å². The van der Waals surface area contributed by atoms with Gasteiger partial charge in [0.25, 0.3) is 5.91 Å². The fraction of sp³-hybridized carbons (Fsp3) is 0.267. The molecule has 1 aliphatic rings. The standard InChI is InChI=1S/C15H14N4O2/c16-10-12-1-3-17-14(9-12)18-4-6-19(7-5-18)15(20)13-2-8-21-11-13/h1-3,8-9,11H,4-7H2. The van der Waals surface area contributed by atoms with Crippen molar-refractivity contribution < 1.29 is 9.21 Å². The highest BCUT2D eigenvalue weighted by Crippen LogP contribution is 2.16. The summed E-state index contributed by atoms with van der Waals surface area (Å²) in [5.41, 5.74) is 1.17. The summed E-state index contributed by atoms with van der Waals surface area (Å²) < 4.78 is 4.94. The van der Waals surface area contributed by atoms with E-state index in [1.165, 1.54) is 12.5 Å². The van der Waals surface area contributed by atoms with Crippen molar-refractivity contribution in [2.24, 2.45) is 0 Å². The second-order valence-corrected chi connectivity index (χ2v) is 4.81. The summed E-state index contributed by atoms with van der Waals surface area (Å²) in [6.45, 7) is 2.65. The molecule has 0 atom stereocenters. The predicted octanol–water partition coefficient (Wildman–Crippen LogP) is 1.51. The van der Waals surface area contributed by atoms with Crippen molar-refractivity contribution in [2.75, 3.05) is 31.1 Å². The van der Waals surface area contributed by atoms with Gasteiger partial charge in [0.15, 0.2) is 0 Å². The molecule has 0 unspecified atom stereocenters. The van der Waals surface area contributed by atoms with Crippen molar-refractivity contribution >= 4 is 11.7 Å². The van der Waals surface area contributed by atoms with Crippen LogP contribution in [-0.4, -0.2) is 42.0 Å². The number of nitrogens with zero attached hydrogens (tertiary/aromatic N) is 4. The van der Waals surface area contributed by atoms with Crippen LogP contribution in [0.25, 0.3) is 0 Å². The van der Waals surface area contributed by atoms with Crippen LogP contribution in [0, 0.1) is 11.3 Å². The second kappa shape index (κ2) is 5.67. The number of carbonyl (C=O) groups is 1. The van der Waals surface area contributed by atoms with Gasteiger partial charge in [0.2, 0.25) is 0 Å². The lowest BCUT2D eigenvalue weighted by Gasteiger charge is -2.35. The maximum atomic E-state index is 12.2. The minimum absolute atomic E-state index is 0.0119. The number of hydrogen-bond acceptors (Lipinski definition) is 5. The van der Waals surface area contributed by atoms with E-state index in [1.807, 2.05) is 0 Å². The molecule has 0 bridgehead atoms. The van der Waals surface area contributed by atoms with E-state index in [2.05, 4.69) is 16.0 Å². The molecule has 0 aromatic carbocycles. The summed E-state index contributed by atoms with van der Waals surface area (Å²) in [6, 6.07) is 7.24.